The molecule has 1 aliphatic rings. The molecular weight excluding hydrogens is 140 g/mol. The lowest BCUT2D eigenvalue weighted by Crippen LogP contribution is -2.29. The lowest BCUT2D eigenvalue weighted by Gasteiger charge is -2.05. The Hall–Kier alpha value is -0.940. The minimum Gasteiger partial charge on any atom is -0.451 e. The van der Waals surface area contributed by atoms with Gasteiger partial charge in [-0.05, 0) is 0 Å². The van der Waals surface area contributed by atoms with E-state index in [0.29, 0.717) is 0 Å². The maximum absolute atomic E-state index is 10.4. The number of ether oxygens (including phenoxy) is 1. The van der Waals surface area contributed by atoms with Gasteiger partial charge in [-0.1, -0.05) is 0 Å². The molecule has 1 fully saturated rings. The van der Waals surface area contributed by atoms with Gasteiger partial charge in [0.15, 0.2) is 12.2 Å². The number of aliphatic hydroxyl groups is 2. The van der Waals surface area contributed by atoms with E-state index in [-0.39, 0.29) is 0 Å². The van der Waals surface area contributed by atoms with Crippen molar-refractivity contribution < 1.29 is 24.5 Å². The predicted molar refractivity (Wildman–Crippen MR) is 28.0 cm³/mol. The van der Waals surface area contributed by atoms with Crippen molar-refractivity contribution in [3.8, 4) is 0 Å². The highest BCUT2D eigenvalue weighted by atomic mass is 16.6. The average Bonchev–Trinajstić information content (AvgIpc) is 2.17. The molecule has 2 unspecified atom stereocenters. The number of Topliss-reactive ketones (excluding diaryl/α,β-unsaturated/α-hetero) is 1. The van der Waals surface area contributed by atoms with Crippen molar-refractivity contribution in [2.75, 3.05) is 6.61 Å². The fourth-order valence-corrected chi connectivity index (χ4v) is 0.687. The van der Waals surface area contributed by atoms with Gasteiger partial charge >= 0.3 is 5.97 Å². The molecule has 0 amide bonds. The number of carbonyl (C=O) groups is 2. The smallest absolute Gasteiger partial charge is 0.378 e. The molecule has 5 heteroatoms. The minimum absolute atomic E-state index is 0.529. The minimum atomic E-state index is -1.49. The van der Waals surface area contributed by atoms with E-state index in [1.54, 1.807) is 0 Å². The summed E-state index contributed by atoms with van der Waals surface area (Å²) in [5.74, 6) is -2.06. The Morgan fingerprint density at radius 1 is 1.50 bits per heavy atom. The zero-order valence-electron chi connectivity index (χ0n) is 4.98. The molecule has 0 radical (unpaired) electrons. The quantitative estimate of drug-likeness (QED) is 0.325. The van der Waals surface area contributed by atoms with Crippen molar-refractivity contribution in [3.63, 3.8) is 0 Å². The highest BCUT2D eigenvalue weighted by Crippen LogP contribution is 2.10. The van der Waals surface area contributed by atoms with Gasteiger partial charge in [0.05, 0.1) is 6.61 Å². The van der Waals surface area contributed by atoms with Crippen LogP contribution in [0.3, 0.4) is 0 Å². The van der Waals surface area contributed by atoms with Crippen LogP contribution in [0.2, 0.25) is 0 Å². The number of esters is 1. The molecule has 0 aromatic heterocycles. The largest absolute Gasteiger partial charge is 0.451 e. The van der Waals surface area contributed by atoms with Crippen LogP contribution in [-0.2, 0) is 14.3 Å². The van der Waals surface area contributed by atoms with E-state index in [1.165, 1.54) is 0 Å². The van der Waals surface area contributed by atoms with Crippen LogP contribution >= 0.6 is 0 Å². The summed E-state index contributed by atoms with van der Waals surface area (Å²) >= 11 is 0. The van der Waals surface area contributed by atoms with Crippen LogP contribution in [0.5, 0.6) is 0 Å². The number of hydrogen-bond donors (Lipinski definition) is 2. The number of aliphatic hydroxyl groups excluding tert-OH is 2. The number of rotatable bonds is 1. The average molecular weight is 146 g/mol. The molecule has 56 valence electrons. The van der Waals surface area contributed by atoms with Crippen LogP contribution < -0.4 is 0 Å². The summed E-state index contributed by atoms with van der Waals surface area (Å²) in [6.07, 6.45) is -2.56. The van der Waals surface area contributed by atoms with Crippen LogP contribution in [0.15, 0.2) is 0 Å². The SMILES string of the molecule is O=C1OC(CO)C(O)C1=O. The summed E-state index contributed by atoms with van der Waals surface area (Å²) < 4.78 is 4.25. The summed E-state index contributed by atoms with van der Waals surface area (Å²) in [7, 11) is 0. The van der Waals surface area contributed by atoms with E-state index in [1.807, 2.05) is 0 Å². The maximum Gasteiger partial charge on any atom is 0.378 e. The zero-order valence-corrected chi connectivity index (χ0v) is 4.98. The summed E-state index contributed by atoms with van der Waals surface area (Å²) in [5.41, 5.74) is 0. The molecule has 1 aliphatic heterocycles. The first-order valence-electron chi connectivity index (χ1n) is 2.70. The Morgan fingerprint density at radius 3 is 2.30 bits per heavy atom. The molecule has 2 N–H and O–H groups in total. The first kappa shape index (κ1) is 7.17. The second kappa shape index (κ2) is 2.36. The van der Waals surface area contributed by atoms with Crippen molar-refractivity contribution in [1.29, 1.82) is 0 Å². The second-order valence-corrected chi connectivity index (χ2v) is 1.94. The van der Waals surface area contributed by atoms with E-state index in [9.17, 15) is 9.59 Å². The molecule has 1 rings (SSSR count). The highest BCUT2D eigenvalue weighted by molar-refractivity contribution is 6.37. The summed E-state index contributed by atoms with van der Waals surface area (Å²) in [5, 5.41) is 17.2. The Labute approximate surface area is 56.2 Å². The Balaban J connectivity index is 2.71. The predicted octanol–water partition coefficient (Wildman–Crippen LogP) is -2.17. The van der Waals surface area contributed by atoms with Crippen molar-refractivity contribution >= 4 is 11.8 Å². The Kier molecular flexibility index (Phi) is 1.69. The summed E-state index contributed by atoms with van der Waals surface area (Å²) in [6, 6.07) is 0. The van der Waals surface area contributed by atoms with Gasteiger partial charge in [-0.2, -0.15) is 0 Å². The van der Waals surface area contributed by atoms with E-state index in [0.717, 1.165) is 0 Å². The molecule has 0 aromatic rings. The van der Waals surface area contributed by atoms with Crippen LogP contribution in [-0.4, -0.2) is 40.8 Å². The molecule has 0 aromatic carbocycles. The Morgan fingerprint density at radius 2 is 2.10 bits per heavy atom. The van der Waals surface area contributed by atoms with Crippen LogP contribution in [0.25, 0.3) is 0 Å². The van der Waals surface area contributed by atoms with Crippen LogP contribution in [0.1, 0.15) is 0 Å². The van der Waals surface area contributed by atoms with Crippen molar-refractivity contribution in [1.82, 2.24) is 0 Å². The molecule has 1 heterocycles. The maximum atomic E-state index is 10.4. The molecule has 0 bridgehead atoms. The van der Waals surface area contributed by atoms with E-state index >= 15 is 0 Å². The standard InChI is InChI=1S/C5H6O5/c6-1-2-3(7)4(8)5(9)10-2/h2-3,6-7H,1H2. The number of carbonyl (C=O) groups excluding carboxylic acids is 2. The third-order valence-corrected chi connectivity index (χ3v) is 1.26. The lowest BCUT2D eigenvalue weighted by atomic mass is 10.2. The van der Waals surface area contributed by atoms with E-state index in [2.05, 4.69) is 4.74 Å². The lowest BCUT2D eigenvalue weighted by molar-refractivity contribution is -0.149. The summed E-state index contributed by atoms with van der Waals surface area (Å²) in [6.45, 7) is -0.529. The number of cyclic esters (lactones) is 1. The monoisotopic (exact) mass is 146 g/mol. The fourth-order valence-electron chi connectivity index (χ4n) is 0.687. The van der Waals surface area contributed by atoms with Gasteiger partial charge < -0.3 is 14.9 Å². The molecule has 0 aliphatic carbocycles. The molecule has 2 atom stereocenters. The third-order valence-electron chi connectivity index (χ3n) is 1.26. The van der Waals surface area contributed by atoms with Crippen molar-refractivity contribution in [3.05, 3.63) is 0 Å². The van der Waals surface area contributed by atoms with Gasteiger partial charge in [0.25, 0.3) is 5.78 Å². The van der Waals surface area contributed by atoms with Gasteiger partial charge in [0.1, 0.15) is 0 Å². The fraction of sp³-hybridized carbons (Fsp3) is 0.600. The highest BCUT2D eigenvalue weighted by Gasteiger charge is 2.41. The third kappa shape index (κ3) is 0.891. The second-order valence-electron chi connectivity index (χ2n) is 1.94. The topological polar surface area (TPSA) is 83.8 Å². The van der Waals surface area contributed by atoms with Gasteiger partial charge in [-0.15, -0.1) is 0 Å². The van der Waals surface area contributed by atoms with E-state index < -0.39 is 30.6 Å². The molecular formula is C5H6O5. The van der Waals surface area contributed by atoms with Gasteiger partial charge in [-0.3, -0.25) is 4.79 Å². The molecule has 0 spiro atoms. The first-order valence-corrected chi connectivity index (χ1v) is 2.70. The Bertz CT molecular complexity index is 175. The molecule has 5 nitrogen and oxygen atoms in total. The first-order chi connectivity index (χ1) is 4.66. The van der Waals surface area contributed by atoms with Crippen LogP contribution in [0, 0.1) is 0 Å². The number of hydrogen-bond acceptors (Lipinski definition) is 5. The summed E-state index contributed by atoms with van der Waals surface area (Å²) in [4.78, 5) is 20.7. The molecule has 10 heavy (non-hydrogen) atoms. The zero-order chi connectivity index (χ0) is 7.72. The van der Waals surface area contributed by atoms with Crippen LogP contribution in [0.4, 0.5) is 0 Å². The van der Waals surface area contributed by atoms with Gasteiger partial charge in [0.2, 0.25) is 0 Å². The van der Waals surface area contributed by atoms with Gasteiger partial charge in [0, 0.05) is 0 Å². The molecule has 0 saturated carbocycles. The van der Waals surface area contributed by atoms with Crippen molar-refractivity contribution in [2.24, 2.45) is 0 Å². The normalized spacial score (nSPS) is 32.6. The molecule has 1 saturated heterocycles. The van der Waals surface area contributed by atoms with Crippen molar-refractivity contribution in [2.45, 2.75) is 12.2 Å². The van der Waals surface area contributed by atoms with E-state index in [4.69, 9.17) is 10.2 Å². The number of ketones is 1. The van der Waals surface area contributed by atoms with Gasteiger partial charge in [-0.25, -0.2) is 4.79 Å².